The molecule has 0 aliphatic carbocycles. The monoisotopic (exact) mass is 290 g/mol. The van der Waals surface area contributed by atoms with Gasteiger partial charge < -0.3 is 10.6 Å². The fraction of sp³-hybridized carbons (Fsp3) is 0.462. The van der Waals surface area contributed by atoms with Gasteiger partial charge in [-0.1, -0.05) is 12.1 Å². The maximum absolute atomic E-state index is 13.4. The largest absolute Gasteiger partial charge is 0.352 e. The van der Waals surface area contributed by atoms with E-state index in [9.17, 15) is 13.6 Å². The van der Waals surface area contributed by atoms with E-state index in [2.05, 4.69) is 10.6 Å². The second-order valence-corrected chi connectivity index (χ2v) is 4.50. The standard InChI is InChI=1S/C13H16F2N2O.ClH/c14-11-5-1-3-9(13(11)15)7-12(18)17-10-4-2-6-16-8-10;/h1,3,5,10,16H,2,4,6-8H2,(H,17,18);1H/t10-;/m0./s1. The maximum atomic E-state index is 13.4. The molecule has 0 bridgehead atoms. The minimum atomic E-state index is -0.936. The van der Waals surface area contributed by atoms with E-state index in [0.717, 1.165) is 32.0 Å². The van der Waals surface area contributed by atoms with Crippen LogP contribution in [0.2, 0.25) is 0 Å². The molecule has 3 nitrogen and oxygen atoms in total. The molecule has 0 aromatic heterocycles. The Morgan fingerprint density at radius 1 is 1.42 bits per heavy atom. The zero-order valence-electron chi connectivity index (χ0n) is 10.4. The predicted octanol–water partition coefficient (Wildman–Crippen LogP) is 1.80. The van der Waals surface area contributed by atoms with Crippen molar-refractivity contribution in [3.05, 3.63) is 35.4 Å². The van der Waals surface area contributed by atoms with Gasteiger partial charge in [0.25, 0.3) is 0 Å². The lowest BCUT2D eigenvalue weighted by Gasteiger charge is -2.23. The Labute approximate surface area is 117 Å². The number of rotatable bonds is 3. The second kappa shape index (κ2) is 7.40. The average molecular weight is 291 g/mol. The lowest BCUT2D eigenvalue weighted by atomic mass is 10.1. The molecule has 1 aliphatic rings. The number of hydrogen-bond donors (Lipinski definition) is 2. The predicted molar refractivity (Wildman–Crippen MR) is 71.3 cm³/mol. The van der Waals surface area contributed by atoms with Gasteiger partial charge in [-0.05, 0) is 25.5 Å². The van der Waals surface area contributed by atoms with Crippen molar-refractivity contribution in [2.75, 3.05) is 13.1 Å². The maximum Gasteiger partial charge on any atom is 0.224 e. The Morgan fingerprint density at radius 2 is 2.21 bits per heavy atom. The second-order valence-electron chi connectivity index (χ2n) is 4.50. The number of amides is 1. The van der Waals surface area contributed by atoms with Crippen LogP contribution in [0.15, 0.2) is 18.2 Å². The smallest absolute Gasteiger partial charge is 0.224 e. The topological polar surface area (TPSA) is 41.1 Å². The SMILES string of the molecule is Cl.O=C(Cc1cccc(F)c1F)N[C@H]1CCCNC1. The quantitative estimate of drug-likeness (QED) is 0.891. The Kier molecular flexibility index (Phi) is 6.18. The van der Waals surface area contributed by atoms with Crippen LogP contribution in [0.3, 0.4) is 0 Å². The summed E-state index contributed by atoms with van der Waals surface area (Å²) in [4.78, 5) is 11.7. The van der Waals surface area contributed by atoms with Crippen LogP contribution in [-0.4, -0.2) is 25.0 Å². The fourth-order valence-electron chi connectivity index (χ4n) is 2.11. The van der Waals surface area contributed by atoms with Crippen molar-refractivity contribution < 1.29 is 13.6 Å². The van der Waals surface area contributed by atoms with Crippen LogP contribution in [0.5, 0.6) is 0 Å². The zero-order chi connectivity index (χ0) is 13.0. The number of nitrogens with one attached hydrogen (secondary N) is 2. The highest BCUT2D eigenvalue weighted by molar-refractivity contribution is 5.85. The first-order valence-electron chi connectivity index (χ1n) is 6.10. The highest BCUT2D eigenvalue weighted by atomic mass is 35.5. The molecule has 1 aliphatic heterocycles. The summed E-state index contributed by atoms with van der Waals surface area (Å²) >= 11 is 0. The Bertz CT molecular complexity index is 437. The summed E-state index contributed by atoms with van der Waals surface area (Å²) in [5.74, 6) is -2.12. The average Bonchev–Trinajstić information content (AvgIpc) is 2.36. The molecule has 0 unspecified atom stereocenters. The molecule has 1 heterocycles. The fourth-order valence-corrected chi connectivity index (χ4v) is 2.11. The van der Waals surface area contributed by atoms with Crippen molar-refractivity contribution in [1.29, 1.82) is 0 Å². The molecular weight excluding hydrogens is 274 g/mol. The molecule has 1 atom stereocenters. The molecule has 0 radical (unpaired) electrons. The van der Waals surface area contributed by atoms with Crippen LogP contribution in [0, 0.1) is 11.6 Å². The third-order valence-electron chi connectivity index (χ3n) is 3.04. The minimum Gasteiger partial charge on any atom is -0.352 e. The molecular formula is C13H17ClF2N2O. The summed E-state index contributed by atoms with van der Waals surface area (Å²) in [5, 5.41) is 6.00. The van der Waals surface area contributed by atoms with E-state index in [4.69, 9.17) is 0 Å². The molecule has 2 rings (SSSR count). The number of piperidine rings is 1. The molecule has 106 valence electrons. The third kappa shape index (κ3) is 4.44. The summed E-state index contributed by atoms with van der Waals surface area (Å²) in [6.45, 7) is 1.70. The first-order valence-corrected chi connectivity index (χ1v) is 6.10. The van der Waals surface area contributed by atoms with Gasteiger partial charge in [0.1, 0.15) is 0 Å². The molecule has 2 N–H and O–H groups in total. The summed E-state index contributed by atoms with van der Waals surface area (Å²) in [7, 11) is 0. The van der Waals surface area contributed by atoms with Gasteiger partial charge in [0.15, 0.2) is 11.6 Å². The van der Waals surface area contributed by atoms with Gasteiger partial charge in [0.2, 0.25) is 5.91 Å². The van der Waals surface area contributed by atoms with Crippen molar-refractivity contribution in [1.82, 2.24) is 10.6 Å². The van der Waals surface area contributed by atoms with Crippen molar-refractivity contribution >= 4 is 18.3 Å². The van der Waals surface area contributed by atoms with E-state index >= 15 is 0 Å². The van der Waals surface area contributed by atoms with E-state index in [-0.39, 0.29) is 36.3 Å². The van der Waals surface area contributed by atoms with Crippen LogP contribution in [0.1, 0.15) is 18.4 Å². The lowest BCUT2D eigenvalue weighted by Crippen LogP contribution is -2.46. The molecule has 1 fully saturated rings. The summed E-state index contributed by atoms with van der Waals surface area (Å²) in [6.07, 6.45) is 1.81. The first kappa shape index (κ1) is 15.9. The molecule has 1 aromatic rings. The van der Waals surface area contributed by atoms with E-state index in [1.54, 1.807) is 0 Å². The van der Waals surface area contributed by atoms with Crippen LogP contribution in [0.4, 0.5) is 8.78 Å². The van der Waals surface area contributed by atoms with E-state index in [1.165, 1.54) is 12.1 Å². The Balaban J connectivity index is 0.00000180. The van der Waals surface area contributed by atoms with Gasteiger partial charge in [0.05, 0.1) is 6.42 Å². The van der Waals surface area contributed by atoms with Gasteiger partial charge in [0, 0.05) is 18.2 Å². The number of hydrogen-bond acceptors (Lipinski definition) is 2. The molecule has 1 saturated heterocycles. The number of carbonyl (C=O) groups excluding carboxylic acids is 1. The highest BCUT2D eigenvalue weighted by Crippen LogP contribution is 2.12. The third-order valence-corrected chi connectivity index (χ3v) is 3.04. The van der Waals surface area contributed by atoms with Gasteiger partial charge in [-0.2, -0.15) is 0 Å². The van der Waals surface area contributed by atoms with Crippen LogP contribution in [-0.2, 0) is 11.2 Å². The molecule has 0 spiro atoms. The van der Waals surface area contributed by atoms with Gasteiger partial charge >= 0.3 is 0 Å². The van der Waals surface area contributed by atoms with Crippen LogP contribution < -0.4 is 10.6 Å². The van der Waals surface area contributed by atoms with Crippen molar-refractivity contribution in [2.24, 2.45) is 0 Å². The molecule has 1 aromatic carbocycles. The Morgan fingerprint density at radius 3 is 2.89 bits per heavy atom. The van der Waals surface area contributed by atoms with E-state index in [1.807, 2.05) is 0 Å². The van der Waals surface area contributed by atoms with E-state index in [0.29, 0.717) is 0 Å². The number of carbonyl (C=O) groups is 1. The lowest BCUT2D eigenvalue weighted by molar-refractivity contribution is -0.121. The number of benzene rings is 1. The normalized spacial score (nSPS) is 18.5. The number of halogens is 3. The van der Waals surface area contributed by atoms with Gasteiger partial charge in [-0.25, -0.2) is 8.78 Å². The molecule has 19 heavy (non-hydrogen) atoms. The summed E-state index contributed by atoms with van der Waals surface area (Å²) in [5.41, 5.74) is 0.0938. The summed E-state index contributed by atoms with van der Waals surface area (Å²) < 4.78 is 26.3. The van der Waals surface area contributed by atoms with E-state index < -0.39 is 11.6 Å². The highest BCUT2D eigenvalue weighted by Gasteiger charge is 2.17. The van der Waals surface area contributed by atoms with Crippen molar-refractivity contribution in [2.45, 2.75) is 25.3 Å². The molecule has 1 amide bonds. The molecule has 0 saturated carbocycles. The van der Waals surface area contributed by atoms with Gasteiger partial charge in [-0.3, -0.25) is 4.79 Å². The van der Waals surface area contributed by atoms with Gasteiger partial charge in [-0.15, -0.1) is 12.4 Å². The first-order chi connectivity index (χ1) is 8.66. The zero-order valence-corrected chi connectivity index (χ0v) is 11.2. The summed E-state index contributed by atoms with van der Waals surface area (Å²) in [6, 6.07) is 3.96. The minimum absolute atomic E-state index is 0. The molecule has 6 heteroatoms. The van der Waals surface area contributed by atoms with Crippen molar-refractivity contribution in [3.63, 3.8) is 0 Å². The van der Waals surface area contributed by atoms with Crippen LogP contribution >= 0.6 is 12.4 Å². The van der Waals surface area contributed by atoms with Crippen molar-refractivity contribution in [3.8, 4) is 0 Å². The Hall–Kier alpha value is -1.20. The van der Waals surface area contributed by atoms with Crippen LogP contribution in [0.25, 0.3) is 0 Å².